The van der Waals surface area contributed by atoms with Crippen molar-refractivity contribution in [1.82, 2.24) is 15.2 Å². The lowest BCUT2D eigenvalue weighted by Crippen LogP contribution is -2.50. The Morgan fingerprint density at radius 2 is 1.79 bits per heavy atom. The minimum atomic E-state index is -4.69. The van der Waals surface area contributed by atoms with Gasteiger partial charge in [-0.2, -0.15) is 26.3 Å². The maximum Gasteiger partial charge on any atom is 0.417 e. The molecule has 3 aromatic rings. The van der Waals surface area contributed by atoms with Gasteiger partial charge in [-0.15, -0.1) is 0 Å². The smallest absolute Gasteiger partial charge is 0.417 e. The van der Waals surface area contributed by atoms with Gasteiger partial charge in [0.25, 0.3) is 0 Å². The molecule has 0 saturated carbocycles. The topological polar surface area (TPSA) is 92.8 Å². The highest BCUT2D eigenvalue weighted by atomic mass is 19.4. The van der Waals surface area contributed by atoms with Crippen molar-refractivity contribution in [2.45, 2.75) is 49.9 Å². The van der Waals surface area contributed by atoms with Crippen LogP contribution in [0.5, 0.6) is 0 Å². The van der Waals surface area contributed by atoms with Gasteiger partial charge in [0.1, 0.15) is 18.2 Å². The van der Waals surface area contributed by atoms with Crippen molar-refractivity contribution in [3.05, 3.63) is 94.8 Å². The summed E-state index contributed by atoms with van der Waals surface area (Å²) >= 11 is 0. The van der Waals surface area contributed by atoms with Gasteiger partial charge in [0, 0.05) is 49.6 Å². The molecule has 1 aromatic heterocycles. The average Bonchev–Trinajstić information content (AvgIpc) is 2.99. The number of benzene rings is 2. The van der Waals surface area contributed by atoms with Crippen molar-refractivity contribution in [2.24, 2.45) is 0 Å². The van der Waals surface area contributed by atoms with Gasteiger partial charge in [-0.3, -0.25) is 15.1 Å². The fraction of sp³-hybridized carbons (Fsp3) is 0.387. The van der Waals surface area contributed by atoms with Crippen LogP contribution in [0.3, 0.4) is 0 Å². The van der Waals surface area contributed by atoms with Gasteiger partial charge >= 0.3 is 18.4 Å². The lowest BCUT2D eigenvalue weighted by atomic mass is 9.88. The van der Waals surface area contributed by atoms with Crippen LogP contribution in [0.2, 0.25) is 0 Å². The maximum atomic E-state index is 14.9. The average molecular weight is 675 g/mol. The first-order chi connectivity index (χ1) is 22.1. The zero-order chi connectivity index (χ0) is 34.4. The molecule has 1 fully saturated rings. The highest BCUT2D eigenvalue weighted by Gasteiger charge is 2.34. The van der Waals surface area contributed by atoms with E-state index in [-0.39, 0.29) is 49.2 Å². The van der Waals surface area contributed by atoms with Gasteiger partial charge in [-0.05, 0) is 54.3 Å². The molecule has 2 aromatic carbocycles. The molecule has 0 aliphatic carbocycles. The second-order valence-corrected chi connectivity index (χ2v) is 10.9. The van der Waals surface area contributed by atoms with Crippen molar-refractivity contribution < 1.29 is 54.2 Å². The zero-order valence-corrected chi connectivity index (χ0v) is 24.8. The first kappa shape index (κ1) is 35.5. The largest absolute Gasteiger partial charge is 0.428 e. The monoisotopic (exact) mass is 674 g/mol. The molecule has 0 bridgehead atoms. The molecule has 2 heterocycles. The van der Waals surface area contributed by atoms with Crippen LogP contribution in [0.25, 0.3) is 0 Å². The van der Waals surface area contributed by atoms with Crippen LogP contribution in [0, 0.1) is 11.6 Å². The van der Waals surface area contributed by atoms with E-state index in [1.807, 2.05) is 0 Å². The molecule has 0 spiro atoms. The van der Waals surface area contributed by atoms with E-state index in [1.165, 1.54) is 36.5 Å². The third-order valence-electron chi connectivity index (χ3n) is 7.29. The van der Waals surface area contributed by atoms with Crippen LogP contribution in [-0.2, 0) is 26.9 Å². The van der Waals surface area contributed by atoms with E-state index < -0.39 is 66.3 Å². The molecule has 0 unspecified atom stereocenters. The molecule has 1 saturated heterocycles. The molecule has 8 nitrogen and oxygen atoms in total. The molecule has 2 amide bonds. The lowest BCUT2D eigenvalue weighted by Gasteiger charge is -2.31. The van der Waals surface area contributed by atoms with Crippen molar-refractivity contribution in [1.29, 1.82) is 0 Å². The molecule has 4 rings (SSSR count). The van der Waals surface area contributed by atoms with Crippen LogP contribution in [-0.4, -0.2) is 67.1 Å². The Labute approximate surface area is 264 Å². The molecule has 2 N–H and O–H groups in total. The number of amides is 2. The Morgan fingerprint density at radius 3 is 2.43 bits per heavy atom. The number of carbonyl (C=O) groups excluding carboxylic acids is 2. The number of hydrogen-bond acceptors (Lipinski definition) is 6. The number of ether oxygens (including phenoxy) is 2. The van der Waals surface area contributed by atoms with E-state index >= 15 is 0 Å². The van der Waals surface area contributed by atoms with E-state index in [1.54, 1.807) is 0 Å². The van der Waals surface area contributed by atoms with Crippen molar-refractivity contribution >= 4 is 17.7 Å². The number of alkyl halides is 6. The van der Waals surface area contributed by atoms with E-state index in [0.29, 0.717) is 16.7 Å². The van der Waals surface area contributed by atoms with Crippen LogP contribution >= 0.6 is 0 Å². The summed E-state index contributed by atoms with van der Waals surface area (Å²) in [6.45, 7) is -1.54. The number of halogens is 8. The highest BCUT2D eigenvalue weighted by Crippen LogP contribution is 2.34. The molecule has 1 aliphatic heterocycles. The van der Waals surface area contributed by atoms with Crippen molar-refractivity contribution in [2.75, 3.05) is 32.1 Å². The van der Waals surface area contributed by atoms with Crippen LogP contribution in [0.15, 0.2) is 60.9 Å². The molecule has 1 aliphatic rings. The van der Waals surface area contributed by atoms with Crippen LogP contribution in [0.1, 0.15) is 41.0 Å². The standard InChI is InChI=1S/C31H30F8N4O4/c1-43(17-30(34,35)36)29(45)47-28-16-46-22(15-41-28)9-10-23-25(33)3-2-4-26(23)42-27(44)12-24(18-5-7-21(32)8-6-18)19-11-20(14-40-13-19)31(37,38)39/h2-8,11,13-14,22,24,28,41H,9-10,12,15-17H2,1H3,(H,42,44)/t22-,24+,28+/m1/s1. The van der Waals surface area contributed by atoms with Crippen molar-refractivity contribution in [3.63, 3.8) is 0 Å². The SMILES string of the molecule is CN(CC(F)(F)F)C(=O)O[C@H]1CO[C@H](CCc2c(F)cccc2NC(=O)C[C@@H](c2ccc(F)cc2)c2cncc(C(F)(F)F)c2)CN1. The number of rotatable bonds is 10. The molecular weight excluding hydrogens is 644 g/mol. The molecule has 0 radical (unpaired) electrons. The Kier molecular flexibility index (Phi) is 11.4. The summed E-state index contributed by atoms with van der Waals surface area (Å²) in [5.41, 5.74) is -0.337. The number of aromatic nitrogens is 1. The lowest BCUT2D eigenvalue weighted by molar-refractivity contribution is -0.143. The fourth-order valence-electron chi connectivity index (χ4n) is 4.96. The fourth-order valence-corrected chi connectivity index (χ4v) is 4.96. The summed E-state index contributed by atoms with van der Waals surface area (Å²) in [6.07, 6.45) is -10.2. The third kappa shape index (κ3) is 10.3. The number of nitrogens with zero attached hydrogens (tertiary/aromatic N) is 2. The highest BCUT2D eigenvalue weighted by molar-refractivity contribution is 5.92. The minimum Gasteiger partial charge on any atom is -0.428 e. The molecule has 47 heavy (non-hydrogen) atoms. The predicted molar refractivity (Wildman–Crippen MR) is 152 cm³/mol. The van der Waals surface area contributed by atoms with Gasteiger partial charge in [0.15, 0.2) is 6.23 Å². The number of anilines is 1. The summed E-state index contributed by atoms with van der Waals surface area (Å²) in [4.78, 5) is 29.2. The van der Waals surface area contributed by atoms with Crippen molar-refractivity contribution in [3.8, 4) is 0 Å². The quantitative estimate of drug-likeness (QED) is 0.242. The Hall–Kier alpha value is -4.31. The Morgan fingerprint density at radius 1 is 1.06 bits per heavy atom. The third-order valence-corrected chi connectivity index (χ3v) is 7.29. The van der Waals surface area contributed by atoms with Crippen LogP contribution < -0.4 is 10.6 Å². The number of nitrogens with one attached hydrogen (secondary N) is 2. The Bertz CT molecular complexity index is 1530. The van der Waals surface area contributed by atoms with Gasteiger partial charge in [-0.25, -0.2) is 13.6 Å². The predicted octanol–water partition coefficient (Wildman–Crippen LogP) is 6.42. The molecule has 3 atom stereocenters. The van der Waals surface area contributed by atoms with E-state index in [0.717, 1.165) is 25.2 Å². The Balaban J connectivity index is 1.39. The van der Waals surface area contributed by atoms with E-state index in [9.17, 15) is 44.7 Å². The second kappa shape index (κ2) is 15.1. The first-order valence-electron chi connectivity index (χ1n) is 14.3. The summed E-state index contributed by atoms with van der Waals surface area (Å²) in [7, 11) is 0.943. The zero-order valence-electron chi connectivity index (χ0n) is 24.8. The summed E-state index contributed by atoms with van der Waals surface area (Å²) < 4.78 is 117. The van der Waals surface area contributed by atoms with Gasteiger partial charge in [-0.1, -0.05) is 18.2 Å². The normalized spacial score (nSPS) is 17.6. The van der Waals surface area contributed by atoms with E-state index in [2.05, 4.69) is 15.6 Å². The number of pyridine rings is 1. The summed E-state index contributed by atoms with van der Waals surface area (Å²) in [5.74, 6) is -2.81. The molecule has 254 valence electrons. The summed E-state index contributed by atoms with van der Waals surface area (Å²) in [5, 5.41) is 5.47. The maximum absolute atomic E-state index is 14.9. The molecular formula is C31H30F8N4O4. The van der Waals surface area contributed by atoms with Gasteiger partial charge in [0.2, 0.25) is 5.91 Å². The van der Waals surface area contributed by atoms with Gasteiger partial charge < -0.3 is 19.7 Å². The van der Waals surface area contributed by atoms with Gasteiger partial charge in [0.05, 0.1) is 18.3 Å². The van der Waals surface area contributed by atoms with E-state index in [4.69, 9.17) is 9.47 Å². The number of carbonyl (C=O) groups is 2. The second-order valence-electron chi connectivity index (χ2n) is 10.9. The van der Waals surface area contributed by atoms with Crippen LogP contribution in [0.4, 0.5) is 45.6 Å². The first-order valence-corrected chi connectivity index (χ1v) is 14.3. The minimum absolute atomic E-state index is 0.0685. The number of morpholine rings is 1. The summed E-state index contributed by atoms with van der Waals surface area (Å²) in [6, 6.07) is 9.83. The number of hydrogen-bond donors (Lipinski definition) is 2. The molecule has 16 heteroatoms.